The molecule has 0 spiro atoms. The molecule has 0 aliphatic heterocycles. The number of benzene rings is 1. The number of nitrogens with two attached hydrogens (primary N) is 1. The first-order valence-electron chi connectivity index (χ1n) is 5.31. The smallest absolute Gasteiger partial charge is 0.253 e. The summed E-state index contributed by atoms with van der Waals surface area (Å²) < 4.78 is 0. The van der Waals surface area contributed by atoms with Crippen LogP contribution in [0.15, 0.2) is 18.2 Å². The third kappa shape index (κ3) is 2.97. The predicted octanol–water partition coefficient (Wildman–Crippen LogP) is 1.12. The van der Waals surface area contributed by atoms with Crippen LogP contribution in [0.3, 0.4) is 0 Å². The van der Waals surface area contributed by atoms with Crippen LogP contribution in [-0.2, 0) is 0 Å². The van der Waals surface area contributed by atoms with Gasteiger partial charge in [-0.1, -0.05) is 0 Å². The SMILES string of the molecule is Cc1cc(O)ccc1C(=O)N(C)CCCN. The van der Waals surface area contributed by atoms with Crippen LogP contribution in [0.4, 0.5) is 0 Å². The third-order valence-electron chi connectivity index (χ3n) is 2.48. The Labute approximate surface area is 95.7 Å². The van der Waals surface area contributed by atoms with E-state index in [1.807, 2.05) is 6.92 Å². The quantitative estimate of drug-likeness (QED) is 0.802. The summed E-state index contributed by atoms with van der Waals surface area (Å²) in [5, 5.41) is 9.26. The summed E-state index contributed by atoms with van der Waals surface area (Å²) in [4.78, 5) is 13.6. The number of hydrogen-bond donors (Lipinski definition) is 2. The first-order valence-corrected chi connectivity index (χ1v) is 5.31. The lowest BCUT2D eigenvalue weighted by Crippen LogP contribution is -2.29. The van der Waals surface area contributed by atoms with E-state index in [1.165, 1.54) is 6.07 Å². The van der Waals surface area contributed by atoms with Gasteiger partial charge < -0.3 is 15.7 Å². The van der Waals surface area contributed by atoms with Gasteiger partial charge in [-0.15, -0.1) is 0 Å². The Morgan fingerprint density at radius 2 is 2.19 bits per heavy atom. The zero-order valence-corrected chi connectivity index (χ0v) is 9.73. The van der Waals surface area contributed by atoms with Crippen molar-refractivity contribution in [3.63, 3.8) is 0 Å². The minimum atomic E-state index is -0.0362. The van der Waals surface area contributed by atoms with E-state index >= 15 is 0 Å². The molecule has 1 aromatic rings. The number of rotatable bonds is 4. The largest absolute Gasteiger partial charge is 0.508 e. The molecule has 0 atom stereocenters. The maximum atomic E-state index is 12.0. The lowest BCUT2D eigenvalue weighted by Gasteiger charge is -2.17. The van der Waals surface area contributed by atoms with E-state index in [1.54, 1.807) is 24.1 Å². The van der Waals surface area contributed by atoms with Crippen molar-refractivity contribution in [2.45, 2.75) is 13.3 Å². The lowest BCUT2D eigenvalue weighted by molar-refractivity contribution is 0.0793. The van der Waals surface area contributed by atoms with Crippen LogP contribution in [0.5, 0.6) is 5.75 Å². The van der Waals surface area contributed by atoms with E-state index in [0.29, 0.717) is 18.7 Å². The molecule has 4 nitrogen and oxygen atoms in total. The van der Waals surface area contributed by atoms with Gasteiger partial charge in [-0.05, 0) is 43.7 Å². The van der Waals surface area contributed by atoms with Crippen LogP contribution in [0.25, 0.3) is 0 Å². The van der Waals surface area contributed by atoms with Crippen molar-refractivity contribution in [1.82, 2.24) is 4.90 Å². The van der Waals surface area contributed by atoms with Crippen LogP contribution in [0.1, 0.15) is 22.3 Å². The number of phenolic OH excluding ortho intramolecular Hbond substituents is 1. The summed E-state index contributed by atoms with van der Waals surface area (Å²) >= 11 is 0. The number of amides is 1. The maximum Gasteiger partial charge on any atom is 0.253 e. The van der Waals surface area contributed by atoms with Crippen molar-refractivity contribution in [1.29, 1.82) is 0 Å². The highest BCUT2D eigenvalue weighted by Gasteiger charge is 2.13. The van der Waals surface area contributed by atoms with Crippen LogP contribution < -0.4 is 5.73 Å². The Balaban J connectivity index is 2.79. The zero-order valence-electron chi connectivity index (χ0n) is 9.73. The molecular weight excluding hydrogens is 204 g/mol. The molecule has 0 saturated heterocycles. The van der Waals surface area contributed by atoms with Gasteiger partial charge in [-0.3, -0.25) is 4.79 Å². The Kier molecular flexibility index (Phi) is 4.31. The molecule has 0 aromatic heterocycles. The van der Waals surface area contributed by atoms with E-state index in [9.17, 15) is 9.90 Å². The molecule has 4 heteroatoms. The van der Waals surface area contributed by atoms with Crippen LogP contribution >= 0.6 is 0 Å². The minimum absolute atomic E-state index is 0.0362. The standard InChI is InChI=1S/C12H18N2O2/c1-9-8-10(15)4-5-11(9)12(16)14(2)7-3-6-13/h4-5,8,15H,3,6-7,13H2,1-2H3. The molecule has 0 radical (unpaired) electrons. The van der Waals surface area contributed by atoms with Gasteiger partial charge in [0.2, 0.25) is 0 Å². The molecule has 0 heterocycles. The monoisotopic (exact) mass is 222 g/mol. The van der Waals surface area contributed by atoms with Gasteiger partial charge in [-0.25, -0.2) is 0 Å². The number of aryl methyl sites for hydroxylation is 1. The Morgan fingerprint density at radius 1 is 1.50 bits per heavy atom. The third-order valence-corrected chi connectivity index (χ3v) is 2.48. The topological polar surface area (TPSA) is 66.6 Å². The average Bonchev–Trinajstić information content (AvgIpc) is 2.25. The van der Waals surface area contributed by atoms with E-state index < -0.39 is 0 Å². The molecule has 0 aliphatic carbocycles. The average molecular weight is 222 g/mol. The number of hydrogen-bond acceptors (Lipinski definition) is 3. The summed E-state index contributed by atoms with van der Waals surface area (Å²) in [5.74, 6) is 0.143. The maximum absolute atomic E-state index is 12.0. The molecule has 0 aliphatic rings. The van der Waals surface area contributed by atoms with Gasteiger partial charge in [0, 0.05) is 19.2 Å². The minimum Gasteiger partial charge on any atom is -0.508 e. The molecule has 0 fully saturated rings. The summed E-state index contributed by atoms with van der Waals surface area (Å²) in [6.07, 6.45) is 0.791. The van der Waals surface area contributed by atoms with Crippen molar-refractivity contribution in [2.75, 3.05) is 20.1 Å². The van der Waals surface area contributed by atoms with E-state index in [2.05, 4.69) is 0 Å². The first kappa shape index (κ1) is 12.5. The first-order chi connectivity index (χ1) is 7.56. The lowest BCUT2D eigenvalue weighted by atomic mass is 10.1. The molecule has 0 unspecified atom stereocenters. The number of carbonyl (C=O) groups is 1. The summed E-state index contributed by atoms with van der Waals surface area (Å²) in [6, 6.07) is 4.76. The second-order valence-electron chi connectivity index (χ2n) is 3.87. The zero-order chi connectivity index (χ0) is 12.1. The van der Waals surface area contributed by atoms with Gasteiger partial charge in [0.25, 0.3) is 5.91 Å². The number of phenols is 1. The molecule has 1 rings (SSSR count). The van der Waals surface area contributed by atoms with Crippen molar-refractivity contribution in [3.05, 3.63) is 29.3 Å². The van der Waals surface area contributed by atoms with E-state index in [0.717, 1.165) is 12.0 Å². The van der Waals surface area contributed by atoms with Crippen molar-refractivity contribution >= 4 is 5.91 Å². The van der Waals surface area contributed by atoms with E-state index in [4.69, 9.17) is 5.73 Å². The summed E-state index contributed by atoms with van der Waals surface area (Å²) in [5.41, 5.74) is 6.80. The molecule has 16 heavy (non-hydrogen) atoms. The normalized spacial score (nSPS) is 10.2. The van der Waals surface area contributed by atoms with Gasteiger partial charge in [0.05, 0.1) is 0 Å². The number of carbonyl (C=O) groups excluding carboxylic acids is 1. The molecule has 0 saturated carbocycles. The molecular formula is C12H18N2O2. The number of aromatic hydroxyl groups is 1. The summed E-state index contributed by atoms with van der Waals surface area (Å²) in [7, 11) is 1.75. The fourth-order valence-corrected chi connectivity index (χ4v) is 1.52. The van der Waals surface area contributed by atoms with Crippen molar-refractivity contribution in [3.8, 4) is 5.75 Å². The highest BCUT2D eigenvalue weighted by atomic mass is 16.3. The van der Waals surface area contributed by atoms with Crippen molar-refractivity contribution < 1.29 is 9.90 Å². The fraction of sp³-hybridized carbons (Fsp3) is 0.417. The number of nitrogens with zero attached hydrogens (tertiary/aromatic N) is 1. The molecule has 1 amide bonds. The highest BCUT2D eigenvalue weighted by molar-refractivity contribution is 5.95. The van der Waals surface area contributed by atoms with Gasteiger partial charge in [-0.2, -0.15) is 0 Å². The summed E-state index contributed by atoms with van der Waals surface area (Å²) in [6.45, 7) is 3.03. The molecule has 3 N–H and O–H groups in total. The second kappa shape index (κ2) is 5.51. The van der Waals surface area contributed by atoms with Crippen molar-refractivity contribution in [2.24, 2.45) is 5.73 Å². The Hall–Kier alpha value is -1.55. The van der Waals surface area contributed by atoms with Crippen LogP contribution in [0.2, 0.25) is 0 Å². The molecule has 0 bridgehead atoms. The van der Waals surface area contributed by atoms with Gasteiger partial charge in [0.15, 0.2) is 0 Å². The Morgan fingerprint density at radius 3 is 2.75 bits per heavy atom. The molecule has 1 aromatic carbocycles. The highest BCUT2D eigenvalue weighted by Crippen LogP contribution is 2.16. The second-order valence-corrected chi connectivity index (χ2v) is 3.87. The Bertz CT molecular complexity index is 377. The molecule has 88 valence electrons. The van der Waals surface area contributed by atoms with E-state index in [-0.39, 0.29) is 11.7 Å². The fourth-order valence-electron chi connectivity index (χ4n) is 1.52. The van der Waals surface area contributed by atoms with Gasteiger partial charge in [0.1, 0.15) is 5.75 Å². The van der Waals surface area contributed by atoms with Gasteiger partial charge >= 0.3 is 0 Å². The van der Waals surface area contributed by atoms with Crippen LogP contribution in [-0.4, -0.2) is 36.1 Å². The van der Waals surface area contributed by atoms with Crippen LogP contribution in [0, 0.1) is 6.92 Å². The predicted molar refractivity (Wildman–Crippen MR) is 63.5 cm³/mol.